The highest BCUT2D eigenvalue weighted by Gasteiger charge is 2.30. The maximum Gasteiger partial charge on any atom is 0.243 e. The van der Waals surface area contributed by atoms with Crippen molar-refractivity contribution in [2.45, 2.75) is 24.2 Å². The van der Waals surface area contributed by atoms with Crippen LogP contribution in [0.15, 0.2) is 48.4 Å². The van der Waals surface area contributed by atoms with Crippen molar-refractivity contribution >= 4 is 15.9 Å². The second-order valence-electron chi connectivity index (χ2n) is 7.34. The lowest BCUT2D eigenvalue weighted by molar-refractivity contribution is -0.131. The zero-order valence-electron chi connectivity index (χ0n) is 16.3. The molecule has 1 heterocycles. The van der Waals surface area contributed by atoms with E-state index in [1.54, 1.807) is 23.1 Å². The second-order valence-corrected chi connectivity index (χ2v) is 9.28. The molecular weight excluding hydrogens is 374 g/mol. The summed E-state index contributed by atoms with van der Waals surface area (Å²) in [5, 5.41) is 0. The van der Waals surface area contributed by atoms with Crippen LogP contribution >= 0.6 is 0 Å². The fourth-order valence-corrected chi connectivity index (χ4v) is 5.34. The van der Waals surface area contributed by atoms with Gasteiger partial charge in [0.15, 0.2) is 0 Å². The Balaban J connectivity index is 1.59. The lowest BCUT2D eigenvalue weighted by Crippen LogP contribution is -2.51. The van der Waals surface area contributed by atoms with Crippen LogP contribution in [0.2, 0.25) is 0 Å². The van der Waals surface area contributed by atoms with Gasteiger partial charge < -0.3 is 4.90 Å². The average Bonchev–Trinajstić information content (AvgIpc) is 3.16. The van der Waals surface area contributed by atoms with Gasteiger partial charge in [-0.2, -0.15) is 4.31 Å². The van der Waals surface area contributed by atoms with Crippen molar-refractivity contribution in [3.05, 3.63) is 54.6 Å². The number of benzene rings is 1. The predicted molar refractivity (Wildman–Crippen MR) is 111 cm³/mol. The topological polar surface area (TPSA) is 60.9 Å². The minimum Gasteiger partial charge on any atom is -0.334 e. The molecule has 7 heteroatoms. The normalized spacial score (nSPS) is 17.9. The van der Waals surface area contributed by atoms with Crippen LogP contribution < -0.4 is 0 Å². The van der Waals surface area contributed by atoms with Crippen LogP contribution in [0.1, 0.15) is 17.5 Å². The second kappa shape index (κ2) is 9.03. The van der Waals surface area contributed by atoms with E-state index in [0.717, 1.165) is 24.8 Å². The molecule has 0 N–H and O–H groups in total. The maximum absolute atomic E-state index is 13.0. The van der Waals surface area contributed by atoms with Crippen LogP contribution in [-0.2, 0) is 27.7 Å². The van der Waals surface area contributed by atoms with Crippen molar-refractivity contribution in [1.82, 2.24) is 14.1 Å². The Bertz CT molecular complexity index is 832. The van der Waals surface area contributed by atoms with E-state index in [1.165, 1.54) is 9.87 Å². The minimum atomic E-state index is -3.48. The molecule has 1 fully saturated rings. The number of rotatable bonds is 8. The Morgan fingerprint density at radius 3 is 2.32 bits per heavy atom. The largest absolute Gasteiger partial charge is 0.334 e. The summed E-state index contributed by atoms with van der Waals surface area (Å²) in [5.41, 5.74) is 2.43. The molecule has 1 saturated heterocycles. The Morgan fingerprint density at radius 1 is 1.04 bits per heavy atom. The molecule has 3 rings (SSSR count). The van der Waals surface area contributed by atoms with Crippen molar-refractivity contribution in [2.24, 2.45) is 0 Å². The highest BCUT2D eigenvalue weighted by molar-refractivity contribution is 7.89. The molecule has 0 aromatic heterocycles. The summed E-state index contributed by atoms with van der Waals surface area (Å²) in [7, 11) is -3.48. The van der Waals surface area contributed by atoms with Gasteiger partial charge in [0.2, 0.25) is 15.9 Å². The first-order chi connectivity index (χ1) is 13.5. The molecule has 28 heavy (non-hydrogen) atoms. The molecule has 1 aliphatic carbocycles. The molecular formula is C21H29N3O3S. The van der Waals surface area contributed by atoms with E-state index in [2.05, 4.69) is 13.2 Å². The summed E-state index contributed by atoms with van der Waals surface area (Å²) in [6.07, 6.45) is 6.49. The fraction of sp³-hybridized carbons (Fsp3) is 0.476. The van der Waals surface area contributed by atoms with Crippen molar-refractivity contribution in [3.8, 4) is 0 Å². The SMILES string of the molecule is C=CCN(CC=C)C(=O)CN1CCN(S(=O)(=O)c2ccc3c(c2)CCC3)CC1. The summed E-state index contributed by atoms with van der Waals surface area (Å²) >= 11 is 0. The standard InChI is InChI=1S/C21H29N3O3S/c1-3-10-23(11-4-2)21(25)17-22-12-14-24(15-13-22)28(26,27)20-9-8-18-6-5-7-19(18)16-20/h3-4,8-9,16H,1-2,5-7,10-15,17H2. The van der Waals surface area contributed by atoms with Crippen LogP contribution in [0.3, 0.4) is 0 Å². The average molecular weight is 404 g/mol. The van der Waals surface area contributed by atoms with E-state index in [1.807, 2.05) is 17.0 Å². The van der Waals surface area contributed by atoms with E-state index in [0.29, 0.717) is 44.2 Å². The van der Waals surface area contributed by atoms with Gasteiger partial charge >= 0.3 is 0 Å². The molecule has 1 aliphatic heterocycles. The molecule has 1 aromatic rings. The molecule has 6 nitrogen and oxygen atoms in total. The van der Waals surface area contributed by atoms with Crippen LogP contribution in [0.4, 0.5) is 0 Å². The molecule has 2 aliphatic rings. The summed E-state index contributed by atoms with van der Waals surface area (Å²) in [4.78, 5) is 16.5. The smallest absolute Gasteiger partial charge is 0.243 e. The van der Waals surface area contributed by atoms with Gasteiger partial charge in [-0.05, 0) is 42.5 Å². The van der Waals surface area contributed by atoms with Gasteiger partial charge in [0.05, 0.1) is 11.4 Å². The molecule has 0 unspecified atom stereocenters. The van der Waals surface area contributed by atoms with Gasteiger partial charge in [-0.25, -0.2) is 8.42 Å². The first-order valence-electron chi connectivity index (χ1n) is 9.79. The number of aryl methyl sites for hydroxylation is 2. The lowest BCUT2D eigenvalue weighted by atomic mass is 10.1. The van der Waals surface area contributed by atoms with E-state index < -0.39 is 10.0 Å². The monoisotopic (exact) mass is 403 g/mol. The summed E-state index contributed by atoms with van der Waals surface area (Å²) in [6, 6.07) is 5.53. The van der Waals surface area contributed by atoms with Gasteiger partial charge in [-0.3, -0.25) is 9.69 Å². The van der Waals surface area contributed by atoms with Gasteiger partial charge in [-0.1, -0.05) is 18.2 Å². The third-order valence-electron chi connectivity index (χ3n) is 5.45. The third kappa shape index (κ3) is 4.54. The number of hydrogen-bond donors (Lipinski definition) is 0. The third-order valence-corrected chi connectivity index (χ3v) is 7.34. The van der Waals surface area contributed by atoms with Gasteiger partial charge in [0.1, 0.15) is 0 Å². The summed E-state index contributed by atoms with van der Waals surface area (Å²) in [6.45, 7) is 10.5. The number of sulfonamides is 1. The number of piperazine rings is 1. The van der Waals surface area contributed by atoms with Crippen molar-refractivity contribution in [1.29, 1.82) is 0 Å². The number of fused-ring (bicyclic) bond motifs is 1. The van der Waals surface area contributed by atoms with Crippen LogP contribution in [-0.4, -0.2) is 74.2 Å². The van der Waals surface area contributed by atoms with Gasteiger partial charge in [-0.15, -0.1) is 13.2 Å². The Morgan fingerprint density at radius 2 is 1.68 bits per heavy atom. The zero-order chi connectivity index (χ0) is 20.1. The predicted octanol–water partition coefficient (Wildman–Crippen LogP) is 1.68. The molecule has 0 atom stereocenters. The van der Waals surface area contributed by atoms with Crippen LogP contribution in [0.5, 0.6) is 0 Å². The Labute approximate surface area is 168 Å². The van der Waals surface area contributed by atoms with Crippen LogP contribution in [0.25, 0.3) is 0 Å². The lowest BCUT2D eigenvalue weighted by Gasteiger charge is -2.34. The highest BCUT2D eigenvalue weighted by Crippen LogP contribution is 2.26. The van der Waals surface area contributed by atoms with E-state index in [-0.39, 0.29) is 12.5 Å². The van der Waals surface area contributed by atoms with Gasteiger partial charge in [0.25, 0.3) is 0 Å². The summed E-state index contributed by atoms with van der Waals surface area (Å²) < 4.78 is 27.5. The molecule has 152 valence electrons. The molecule has 0 bridgehead atoms. The number of carbonyl (C=O) groups excluding carboxylic acids is 1. The molecule has 0 saturated carbocycles. The van der Waals surface area contributed by atoms with Crippen molar-refractivity contribution in [2.75, 3.05) is 45.8 Å². The first-order valence-corrected chi connectivity index (χ1v) is 11.2. The Hall–Kier alpha value is -1.96. The number of amides is 1. The first kappa shape index (κ1) is 20.8. The summed E-state index contributed by atoms with van der Waals surface area (Å²) in [5.74, 6) is 0.00901. The molecule has 0 radical (unpaired) electrons. The maximum atomic E-state index is 13.0. The highest BCUT2D eigenvalue weighted by atomic mass is 32.2. The van der Waals surface area contributed by atoms with Crippen molar-refractivity contribution < 1.29 is 13.2 Å². The number of carbonyl (C=O) groups is 1. The van der Waals surface area contributed by atoms with Crippen molar-refractivity contribution in [3.63, 3.8) is 0 Å². The van der Waals surface area contributed by atoms with Crippen LogP contribution in [0, 0.1) is 0 Å². The minimum absolute atomic E-state index is 0.00901. The quantitative estimate of drug-likeness (QED) is 0.620. The van der Waals surface area contributed by atoms with E-state index in [9.17, 15) is 13.2 Å². The molecule has 1 amide bonds. The van der Waals surface area contributed by atoms with Gasteiger partial charge in [0, 0.05) is 39.3 Å². The van der Waals surface area contributed by atoms with E-state index in [4.69, 9.17) is 0 Å². The molecule has 0 spiro atoms. The fourth-order valence-electron chi connectivity index (χ4n) is 3.87. The zero-order valence-corrected chi connectivity index (χ0v) is 17.2. The number of hydrogen-bond acceptors (Lipinski definition) is 4. The number of nitrogens with zero attached hydrogens (tertiary/aromatic N) is 3. The molecule has 1 aromatic carbocycles. The Kier molecular flexibility index (Phi) is 6.69. The van der Waals surface area contributed by atoms with E-state index >= 15 is 0 Å².